The van der Waals surface area contributed by atoms with Crippen LogP contribution < -0.4 is 5.73 Å². The number of amides is 2. The number of piperidine rings is 1. The molecule has 1 aliphatic carbocycles. The lowest BCUT2D eigenvalue weighted by Gasteiger charge is -2.33. The van der Waals surface area contributed by atoms with E-state index >= 15 is 4.39 Å². The van der Waals surface area contributed by atoms with Crippen LogP contribution in [0.25, 0.3) is 5.57 Å². The Kier molecular flexibility index (Phi) is 4.86. The predicted octanol–water partition coefficient (Wildman–Crippen LogP) is 3.00. The molecule has 4 nitrogen and oxygen atoms in total. The van der Waals surface area contributed by atoms with Crippen LogP contribution in [0.5, 0.6) is 0 Å². The standard InChI is InChI=1S/C21H23FN2O2/c1-4-6-18(25)24-8-5-7-14(11-24)20-17(22)10-16(21(23)26)15-9-12(2)13(3)19(15)20/h10,14H,5,7-9,11H2,1-3H3,(H2,23,26). The minimum atomic E-state index is -0.604. The van der Waals surface area contributed by atoms with E-state index in [1.54, 1.807) is 11.8 Å². The van der Waals surface area contributed by atoms with Gasteiger partial charge in [0.25, 0.3) is 5.91 Å². The van der Waals surface area contributed by atoms with Crippen LogP contribution in [0, 0.1) is 17.7 Å². The lowest BCUT2D eigenvalue weighted by molar-refractivity contribution is -0.126. The van der Waals surface area contributed by atoms with Crippen molar-refractivity contribution in [2.24, 2.45) is 5.73 Å². The number of likely N-dealkylation sites (tertiary alicyclic amines) is 1. The molecular formula is C21H23FN2O2. The maximum Gasteiger partial charge on any atom is 0.298 e. The number of hydrogen-bond acceptors (Lipinski definition) is 2. The summed E-state index contributed by atoms with van der Waals surface area (Å²) in [6, 6.07) is 1.27. The highest BCUT2D eigenvalue weighted by Crippen LogP contribution is 2.42. The van der Waals surface area contributed by atoms with Crippen molar-refractivity contribution in [1.29, 1.82) is 0 Å². The summed E-state index contributed by atoms with van der Waals surface area (Å²) in [6.07, 6.45) is 2.22. The molecule has 136 valence electrons. The third-order valence-electron chi connectivity index (χ3n) is 5.50. The van der Waals surface area contributed by atoms with E-state index in [2.05, 4.69) is 11.8 Å². The maximum atomic E-state index is 15.1. The average molecular weight is 354 g/mol. The van der Waals surface area contributed by atoms with Crippen LogP contribution in [0.4, 0.5) is 4.39 Å². The van der Waals surface area contributed by atoms with Crippen LogP contribution in [0.3, 0.4) is 0 Å². The summed E-state index contributed by atoms with van der Waals surface area (Å²) < 4.78 is 15.1. The Morgan fingerprint density at radius 1 is 1.35 bits per heavy atom. The van der Waals surface area contributed by atoms with Crippen molar-refractivity contribution in [3.63, 3.8) is 0 Å². The summed E-state index contributed by atoms with van der Waals surface area (Å²) in [4.78, 5) is 25.6. The Bertz CT molecular complexity index is 889. The van der Waals surface area contributed by atoms with Crippen LogP contribution in [-0.2, 0) is 11.2 Å². The summed E-state index contributed by atoms with van der Waals surface area (Å²) in [7, 11) is 0. The van der Waals surface area contributed by atoms with Gasteiger partial charge in [0.15, 0.2) is 0 Å². The Morgan fingerprint density at radius 2 is 2.08 bits per heavy atom. The first kappa shape index (κ1) is 18.2. The highest BCUT2D eigenvalue weighted by molar-refractivity contribution is 5.98. The Morgan fingerprint density at radius 3 is 2.73 bits per heavy atom. The number of rotatable bonds is 2. The molecule has 0 saturated carbocycles. The molecule has 2 N–H and O–H groups in total. The van der Waals surface area contributed by atoms with Gasteiger partial charge in [-0.1, -0.05) is 11.5 Å². The number of fused-ring (bicyclic) bond motifs is 1. The van der Waals surface area contributed by atoms with E-state index in [1.165, 1.54) is 6.07 Å². The normalized spacial score (nSPS) is 19.1. The van der Waals surface area contributed by atoms with Gasteiger partial charge in [-0.05, 0) is 68.7 Å². The predicted molar refractivity (Wildman–Crippen MR) is 98.9 cm³/mol. The number of carbonyl (C=O) groups excluding carboxylic acids is 2. The molecule has 1 aromatic carbocycles. The first-order valence-electron chi connectivity index (χ1n) is 8.88. The maximum absolute atomic E-state index is 15.1. The zero-order valence-electron chi connectivity index (χ0n) is 15.4. The molecule has 1 fully saturated rings. The van der Waals surface area contributed by atoms with E-state index < -0.39 is 11.7 Å². The zero-order chi connectivity index (χ0) is 19.0. The molecule has 1 aliphatic heterocycles. The van der Waals surface area contributed by atoms with Crippen molar-refractivity contribution in [3.8, 4) is 11.8 Å². The molecule has 5 heteroatoms. The van der Waals surface area contributed by atoms with Gasteiger partial charge in [-0.2, -0.15) is 0 Å². The van der Waals surface area contributed by atoms with Crippen LogP contribution in [0.15, 0.2) is 11.6 Å². The fraction of sp³-hybridized carbons (Fsp3) is 0.429. The van der Waals surface area contributed by atoms with Crippen LogP contribution in [0.2, 0.25) is 0 Å². The molecule has 2 aliphatic rings. The molecule has 0 aromatic heterocycles. The molecule has 0 bridgehead atoms. The van der Waals surface area contributed by atoms with E-state index in [-0.39, 0.29) is 17.4 Å². The van der Waals surface area contributed by atoms with Gasteiger partial charge in [-0.25, -0.2) is 4.39 Å². The van der Waals surface area contributed by atoms with Gasteiger partial charge in [-0.3, -0.25) is 9.59 Å². The number of hydrogen-bond donors (Lipinski definition) is 1. The Balaban J connectivity index is 2.08. The number of nitrogens with two attached hydrogens (primary N) is 1. The minimum Gasteiger partial charge on any atom is -0.366 e. The van der Waals surface area contributed by atoms with E-state index in [1.807, 2.05) is 13.8 Å². The second kappa shape index (κ2) is 6.95. The summed E-state index contributed by atoms with van der Waals surface area (Å²) in [5, 5.41) is 0. The van der Waals surface area contributed by atoms with Crippen molar-refractivity contribution in [2.75, 3.05) is 13.1 Å². The number of halogens is 1. The van der Waals surface area contributed by atoms with Gasteiger partial charge in [0, 0.05) is 30.1 Å². The number of benzene rings is 1. The average Bonchev–Trinajstić information content (AvgIpc) is 2.90. The third-order valence-corrected chi connectivity index (χ3v) is 5.50. The lowest BCUT2D eigenvalue weighted by atomic mass is 9.83. The summed E-state index contributed by atoms with van der Waals surface area (Å²) >= 11 is 0. The van der Waals surface area contributed by atoms with E-state index in [0.717, 1.165) is 35.1 Å². The molecule has 1 aromatic rings. The fourth-order valence-corrected chi connectivity index (χ4v) is 4.13. The van der Waals surface area contributed by atoms with Crippen molar-refractivity contribution in [2.45, 2.75) is 46.0 Å². The van der Waals surface area contributed by atoms with Crippen LogP contribution in [-0.4, -0.2) is 29.8 Å². The van der Waals surface area contributed by atoms with Gasteiger partial charge in [0.2, 0.25) is 5.91 Å². The topological polar surface area (TPSA) is 63.4 Å². The second-order valence-electron chi connectivity index (χ2n) is 7.08. The number of carbonyl (C=O) groups is 2. The third kappa shape index (κ3) is 3.01. The first-order valence-corrected chi connectivity index (χ1v) is 8.88. The van der Waals surface area contributed by atoms with Gasteiger partial charge >= 0.3 is 0 Å². The zero-order valence-corrected chi connectivity index (χ0v) is 15.4. The molecule has 2 amide bonds. The van der Waals surface area contributed by atoms with Gasteiger partial charge < -0.3 is 10.6 Å². The fourth-order valence-electron chi connectivity index (χ4n) is 4.13. The van der Waals surface area contributed by atoms with Crippen LogP contribution >= 0.6 is 0 Å². The van der Waals surface area contributed by atoms with Crippen molar-refractivity contribution in [3.05, 3.63) is 39.7 Å². The van der Waals surface area contributed by atoms with E-state index in [0.29, 0.717) is 25.1 Å². The van der Waals surface area contributed by atoms with Gasteiger partial charge in [0.05, 0.1) is 0 Å². The van der Waals surface area contributed by atoms with E-state index in [9.17, 15) is 9.59 Å². The van der Waals surface area contributed by atoms with Gasteiger partial charge in [-0.15, -0.1) is 0 Å². The molecule has 1 atom stereocenters. The molecule has 26 heavy (non-hydrogen) atoms. The summed E-state index contributed by atoms with van der Waals surface area (Å²) in [6.45, 7) is 6.67. The smallest absolute Gasteiger partial charge is 0.298 e. The Hall–Kier alpha value is -2.61. The monoisotopic (exact) mass is 354 g/mol. The van der Waals surface area contributed by atoms with E-state index in [4.69, 9.17) is 5.73 Å². The lowest BCUT2D eigenvalue weighted by Crippen LogP contribution is -2.39. The molecular weight excluding hydrogens is 331 g/mol. The highest BCUT2D eigenvalue weighted by Gasteiger charge is 2.33. The molecule has 1 saturated heterocycles. The summed E-state index contributed by atoms with van der Waals surface area (Å²) in [5.74, 6) is 3.86. The second-order valence-corrected chi connectivity index (χ2v) is 7.08. The quantitative estimate of drug-likeness (QED) is 0.830. The van der Waals surface area contributed by atoms with Crippen molar-refractivity contribution < 1.29 is 14.0 Å². The molecule has 1 heterocycles. The molecule has 0 spiro atoms. The molecule has 3 rings (SSSR count). The van der Waals surface area contributed by atoms with Crippen molar-refractivity contribution in [1.82, 2.24) is 4.90 Å². The minimum absolute atomic E-state index is 0.108. The molecule has 0 radical (unpaired) electrons. The number of nitrogens with zero attached hydrogens (tertiary/aromatic N) is 1. The summed E-state index contributed by atoms with van der Waals surface area (Å²) in [5.41, 5.74) is 10.1. The largest absolute Gasteiger partial charge is 0.366 e. The van der Waals surface area contributed by atoms with Gasteiger partial charge in [0.1, 0.15) is 5.82 Å². The highest BCUT2D eigenvalue weighted by atomic mass is 19.1. The Labute approximate surface area is 153 Å². The van der Waals surface area contributed by atoms with Crippen LogP contribution in [0.1, 0.15) is 66.6 Å². The SMILES string of the molecule is CC#CC(=O)N1CCCC(c2c(F)cc(C(N)=O)c3c2C(C)=C(C)C3)C1. The first-order chi connectivity index (χ1) is 12.3. The number of primary amides is 1. The molecule has 1 unspecified atom stereocenters. The van der Waals surface area contributed by atoms with Crippen molar-refractivity contribution >= 4 is 17.4 Å². The number of allylic oxidation sites excluding steroid dienone is 2.